The van der Waals surface area contributed by atoms with Gasteiger partial charge in [-0.15, -0.1) is 0 Å². The number of methoxy groups -OCH3 is 1. The highest BCUT2D eigenvalue weighted by Gasteiger charge is 2.23. The van der Waals surface area contributed by atoms with E-state index < -0.39 is 14.9 Å². The van der Waals surface area contributed by atoms with Crippen molar-refractivity contribution in [2.45, 2.75) is 25.3 Å². The zero-order valence-corrected chi connectivity index (χ0v) is 13.5. The molecule has 0 aliphatic heterocycles. The molecule has 10 heteroatoms. The van der Waals surface area contributed by atoms with Crippen molar-refractivity contribution in [1.29, 1.82) is 0 Å². The molecule has 0 saturated heterocycles. The average molecular weight is 341 g/mol. The van der Waals surface area contributed by atoms with E-state index in [1.165, 1.54) is 19.2 Å². The van der Waals surface area contributed by atoms with Crippen molar-refractivity contribution in [3.63, 3.8) is 0 Å². The lowest BCUT2D eigenvalue weighted by Gasteiger charge is -2.09. The Morgan fingerprint density at radius 1 is 1.39 bits per heavy atom. The molecule has 0 aliphatic rings. The van der Waals surface area contributed by atoms with Gasteiger partial charge in [0.2, 0.25) is 15.9 Å². The smallest absolute Gasteiger partial charge is 0.271 e. The number of rotatable bonds is 6. The lowest BCUT2D eigenvalue weighted by molar-refractivity contribution is -0.385. The van der Waals surface area contributed by atoms with Gasteiger partial charge in [-0.05, 0) is 19.9 Å². The molecule has 0 unspecified atom stereocenters. The summed E-state index contributed by atoms with van der Waals surface area (Å²) in [4.78, 5) is 13.9. The summed E-state index contributed by atoms with van der Waals surface area (Å²) < 4.78 is 37.3. The van der Waals surface area contributed by atoms with Gasteiger partial charge in [-0.3, -0.25) is 10.1 Å². The highest BCUT2D eigenvalue weighted by Crippen LogP contribution is 2.28. The number of non-ortho nitro benzene ring substituents is 1. The zero-order chi connectivity index (χ0) is 17.2. The molecule has 0 spiro atoms. The molecule has 0 saturated carbocycles. The van der Waals surface area contributed by atoms with Gasteiger partial charge < -0.3 is 9.15 Å². The van der Waals surface area contributed by atoms with E-state index in [2.05, 4.69) is 9.71 Å². The first-order valence-electron chi connectivity index (χ1n) is 6.49. The van der Waals surface area contributed by atoms with Gasteiger partial charge in [-0.25, -0.2) is 18.1 Å². The molecular weight excluding hydrogens is 326 g/mol. The number of benzene rings is 1. The predicted octanol–water partition coefficient (Wildman–Crippen LogP) is 1.69. The van der Waals surface area contributed by atoms with E-state index in [1.54, 1.807) is 13.8 Å². The van der Waals surface area contributed by atoms with Crippen molar-refractivity contribution in [2.24, 2.45) is 0 Å². The number of hydrogen-bond acceptors (Lipinski definition) is 7. The first-order chi connectivity index (χ1) is 10.7. The van der Waals surface area contributed by atoms with Gasteiger partial charge in [0.25, 0.3) is 5.69 Å². The van der Waals surface area contributed by atoms with Crippen molar-refractivity contribution < 1.29 is 22.5 Å². The number of sulfonamides is 1. The third-order valence-electron chi connectivity index (χ3n) is 3.13. The molecule has 2 aromatic rings. The van der Waals surface area contributed by atoms with Gasteiger partial charge in [0.05, 0.1) is 24.3 Å². The van der Waals surface area contributed by atoms with Crippen LogP contribution in [0.5, 0.6) is 5.75 Å². The Hall–Kier alpha value is -2.46. The van der Waals surface area contributed by atoms with Crippen LogP contribution in [0.4, 0.5) is 5.69 Å². The van der Waals surface area contributed by atoms with Gasteiger partial charge >= 0.3 is 0 Å². The molecule has 1 heterocycles. The lowest BCUT2D eigenvalue weighted by atomic mass is 10.3. The van der Waals surface area contributed by atoms with Crippen LogP contribution in [0.1, 0.15) is 17.3 Å². The molecule has 0 atom stereocenters. The number of nitrogens with zero attached hydrogens (tertiary/aromatic N) is 2. The van der Waals surface area contributed by atoms with E-state index >= 15 is 0 Å². The minimum absolute atomic E-state index is 0.00265. The zero-order valence-electron chi connectivity index (χ0n) is 12.7. The van der Waals surface area contributed by atoms with Gasteiger partial charge in [-0.1, -0.05) is 0 Å². The van der Waals surface area contributed by atoms with Crippen LogP contribution >= 0.6 is 0 Å². The van der Waals surface area contributed by atoms with Crippen LogP contribution in [0.15, 0.2) is 27.5 Å². The summed E-state index contributed by atoms with van der Waals surface area (Å²) in [6.07, 6.45) is 0. The third kappa shape index (κ3) is 3.66. The minimum atomic E-state index is -4.04. The minimum Gasteiger partial charge on any atom is -0.495 e. The van der Waals surface area contributed by atoms with Crippen LogP contribution in [0.25, 0.3) is 0 Å². The number of nitrogens with one attached hydrogen (secondary N) is 1. The van der Waals surface area contributed by atoms with Crippen LogP contribution in [0.2, 0.25) is 0 Å². The second-order valence-corrected chi connectivity index (χ2v) is 6.40. The van der Waals surface area contributed by atoms with Crippen LogP contribution in [-0.4, -0.2) is 25.4 Å². The first-order valence-corrected chi connectivity index (χ1v) is 7.98. The Balaban J connectivity index is 2.31. The molecule has 124 valence electrons. The summed E-state index contributed by atoms with van der Waals surface area (Å²) in [5.74, 6) is 0.794. The number of aromatic nitrogens is 1. The van der Waals surface area contributed by atoms with Crippen molar-refractivity contribution in [3.8, 4) is 5.75 Å². The molecule has 0 fully saturated rings. The maximum atomic E-state index is 12.4. The fraction of sp³-hybridized carbons (Fsp3) is 0.308. The van der Waals surface area contributed by atoms with Crippen LogP contribution in [0, 0.1) is 24.0 Å². The first kappa shape index (κ1) is 16.9. The topological polar surface area (TPSA) is 125 Å². The standard InChI is InChI=1S/C13H15N3O6S/c1-8-9(2)22-13(15-8)7-14-23(19,20)12-6-10(16(17)18)4-5-11(12)21-3/h4-6,14H,7H2,1-3H3. The Morgan fingerprint density at radius 2 is 2.09 bits per heavy atom. The molecule has 2 rings (SSSR count). The Morgan fingerprint density at radius 3 is 2.61 bits per heavy atom. The van der Waals surface area contributed by atoms with Crippen molar-refractivity contribution >= 4 is 15.7 Å². The van der Waals surface area contributed by atoms with E-state index in [4.69, 9.17) is 9.15 Å². The second-order valence-electron chi connectivity index (χ2n) is 4.67. The van der Waals surface area contributed by atoms with Gasteiger partial charge in [0.15, 0.2) is 0 Å². The molecular formula is C13H15N3O6S. The molecule has 1 aromatic carbocycles. The Labute approximate surface area is 132 Å². The number of oxazole rings is 1. The number of hydrogen-bond donors (Lipinski definition) is 1. The highest BCUT2D eigenvalue weighted by atomic mass is 32.2. The van der Waals surface area contributed by atoms with Crippen LogP contribution in [0.3, 0.4) is 0 Å². The molecule has 0 amide bonds. The molecule has 1 N–H and O–H groups in total. The maximum Gasteiger partial charge on any atom is 0.271 e. The van der Waals surface area contributed by atoms with Gasteiger partial charge in [0, 0.05) is 12.1 Å². The van der Waals surface area contributed by atoms with E-state index in [9.17, 15) is 18.5 Å². The monoisotopic (exact) mass is 341 g/mol. The van der Waals surface area contributed by atoms with Gasteiger partial charge in [-0.2, -0.15) is 0 Å². The summed E-state index contributed by atoms with van der Waals surface area (Å²) in [5, 5.41) is 10.8. The van der Waals surface area contributed by atoms with Crippen molar-refractivity contribution in [1.82, 2.24) is 9.71 Å². The molecule has 1 aromatic heterocycles. The number of nitro groups is 1. The lowest BCUT2D eigenvalue weighted by Crippen LogP contribution is -2.24. The number of nitro benzene ring substituents is 1. The molecule has 9 nitrogen and oxygen atoms in total. The van der Waals surface area contributed by atoms with E-state index in [0.717, 1.165) is 6.07 Å². The summed E-state index contributed by atoms with van der Waals surface area (Å²) >= 11 is 0. The second kappa shape index (κ2) is 6.34. The summed E-state index contributed by atoms with van der Waals surface area (Å²) in [6.45, 7) is 3.27. The fourth-order valence-electron chi connectivity index (χ4n) is 1.84. The Bertz CT molecular complexity index is 824. The van der Waals surface area contributed by atoms with E-state index in [0.29, 0.717) is 11.5 Å². The largest absolute Gasteiger partial charge is 0.495 e. The summed E-state index contributed by atoms with van der Waals surface area (Å²) in [5.41, 5.74) is 0.307. The molecule has 0 aliphatic carbocycles. The quantitative estimate of drug-likeness (QED) is 0.626. The average Bonchev–Trinajstić information content (AvgIpc) is 2.83. The Kier molecular flexibility index (Phi) is 4.66. The maximum absolute atomic E-state index is 12.4. The summed E-state index contributed by atoms with van der Waals surface area (Å²) in [7, 11) is -2.76. The predicted molar refractivity (Wildman–Crippen MR) is 79.7 cm³/mol. The van der Waals surface area contributed by atoms with Crippen molar-refractivity contribution in [3.05, 3.63) is 45.7 Å². The van der Waals surface area contributed by atoms with E-state index in [-0.39, 0.29) is 28.8 Å². The third-order valence-corrected chi connectivity index (χ3v) is 4.56. The fourth-order valence-corrected chi connectivity index (χ4v) is 3.00. The van der Waals surface area contributed by atoms with E-state index in [1.807, 2.05) is 0 Å². The molecule has 0 radical (unpaired) electrons. The molecule has 0 bridgehead atoms. The summed E-state index contributed by atoms with van der Waals surface area (Å²) in [6, 6.07) is 3.33. The number of aryl methyl sites for hydroxylation is 2. The van der Waals surface area contributed by atoms with Crippen LogP contribution in [-0.2, 0) is 16.6 Å². The van der Waals surface area contributed by atoms with Gasteiger partial charge in [0.1, 0.15) is 16.4 Å². The number of ether oxygens (including phenoxy) is 1. The van der Waals surface area contributed by atoms with Crippen LogP contribution < -0.4 is 9.46 Å². The highest BCUT2D eigenvalue weighted by molar-refractivity contribution is 7.89. The SMILES string of the molecule is COc1ccc([N+](=O)[O-])cc1S(=O)(=O)NCc1nc(C)c(C)o1. The van der Waals surface area contributed by atoms with Crippen molar-refractivity contribution in [2.75, 3.05) is 7.11 Å². The normalized spacial score (nSPS) is 11.4. The molecule has 23 heavy (non-hydrogen) atoms.